The monoisotopic (exact) mass is 220 g/mol. The van der Waals surface area contributed by atoms with Gasteiger partial charge in [-0.15, -0.1) is 0 Å². The van der Waals surface area contributed by atoms with Crippen LogP contribution in [0.25, 0.3) is 0 Å². The summed E-state index contributed by atoms with van der Waals surface area (Å²) in [4.78, 5) is 27.1. The molecule has 1 rings (SSSR count). The van der Waals surface area contributed by atoms with Gasteiger partial charge in [0.05, 0.1) is 0 Å². The Labute approximate surface area is 83.6 Å². The number of aromatic nitrogens is 2. The summed E-state index contributed by atoms with van der Waals surface area (Å²) in [6, 6.07) is 0. The van der Waals surface area contributed by atoms with E-state index in [0.717, 1.165) is 0 Å². The van der Waals surface area contributed by atoms with E-state index in [1.165, 1.54) is 6.92 Å². The van der Waals surface area contributed by atoms with Gasteiger partial charge in [-0.3, -0.25) is 14.6 Å². The Morgan fingerprint density at radius 1 is 1.53 bits per heavy atom. The van der Waals surface area contributed by atoms with E-state index in [1.54, 1.807) is 0 Å². The first-order chi connectivity index (χ1) is 6.00. The smallest absolute Gasteiger partial charge is 0.280 e. The molecule has 1 amide bonds. The lowest BCUT2D eigenvalue weighted by Gasteiger charge is -2.02. The average Bonchev–Trinajstić information content (AvgIpc) is 1.96. The van der Waals surface area contributed by atoms with Crippen molar-refractivity contribution in [1.82, 2.24) is 9.97 Å². The fourth-order valence-electron chi connectivity index (χ4n) is 0.767. The number of amides is 1. The van der Waals surface area contributed by atoms with Crippen LogP contribution in [0.5, 0.6) is 5.88 Å². The van der Waals surface area contributed by atoms with Gasteiger partial charge in [-0.25, -0.2) is 0 Å². The topological polar surface area (TPSA) is 184 Å². The van der Waals surface area contributed by atoms with Crippen LogP contribution >= 0.6 is 0 Å². The van der Waals surface area contributed by atoms with Gasteiger partial charge < -0.3 is 27.1 Å². The highest BCUT2D eigenvalue weighted by atomic mass is 16.3. The summed E-state index contributed by atoms with van der Waals surface area (Å²) >= 11 is 0. The van der Waals surface area contributed by atoms with Crippen molar-refractivity contribution in [2.75, 3.05) is 11.1 Å². The number of aromatic amines is 1. The number of anilines is 2. The Balaban J connectivity index is 0. The summed E-state index contributed by atoms with van der Waals surface area (Å²) in [5, 5.41) is 11.2. The molecule has 9 nitrogen and oxygen atoms in total. The van der Waals surface area contributed by atoms with Crippen molar-refractivity contribution in [3.05, 3.63) is 10.4 Å². The maximum absolute atomic E-state index is 11.0. The van der Waals surface area contributed by atoms with Crippen LogP contribution in [0.3, 0.4) is 0 Å². The second-order valence-electron chi connectivity index (χ2n) is 2.33. The molecule has 0 fully saturated rings. The third kappa shape index (κ3) is 3.62. The lowest BCUT2D eigenvalue weighted by atomic mass is 10.4. The third-order valence-electron chi connectivity index (χ3n) is 1.22. The Morgan fingerprint density at radius 2 is 2.07 bits per heavy atom. The largest absolute Gasteiger partial charge is 0.492 e. The zero-order valence-corrected chi connectivity index (χ0v) is 7.79. The number of carbonyl (C=O) groups excluding carboxylic acids is 1. The van der Waals surface area contributed by atoms with Crippen molar-refractivity contribution in [3.8, 4) is 5.88 Å². The zero-order chi connectivity index (χ0) is 10.0. The molecular weight excluding hydrogens is 208 g/mol. The average molecular weight is 220 g/mol. The second kappa shape index (κ2) is 5.57. The maximum Gasteiger partial charge on any atom is 0.280 e. The fraction of sp³-hybridized carbons (Fsp3) is 0.167. The first-order valence-electron chi connectivity index (χ1n) is 3.37. The molecule has 0 aliphatic carbocycles. The molecule has 0 radical (unpaired) electrons. The van der Waals surface area contributed by atoms with Gasteiger partial charge in [0, 0.05) is 6.92 Å². The van der Waals surface area contributed by atoms with Crippen LogP contribution in [-0.2, 0) is 4.79 Å². The standard InChI is InChI=1S/C6H8N4O3.2H2O/c1-2(11)8-3-4(12)9-6(7)10-5(3)13;;/h1H3,(H,8,11)(H4,7,9,10,12,13);2*1H2. The Hall–Kier alpha value is -2.13. The summed E-state index contributed by atoms with van der Waals surface area (Å²) < 4.78 is 0. The maximum atomic E-state index is 11.0. The van der Waals surface area contributed by atoms with Crippen molar-refractivity contribution in [2.24, 2.45) is 0 Å². The fourth-order valence-corrected chi connectivity index (χ4v) is 0.767. The van der Waals surface area contributed by atoms with E-state index >= 15 is 0 Å². The summed E-state index contributed by atoms with van der Waals surface area (Å²) in [6.45, 7) is 1.20. The summed E-state index contributed by atoms with van der Waals surface area (Å²) in [5.74, 6) is -1.29. The van der Waals surface area contributed by atoms with Crippen LogP contribution in [0.15, 0.2) is 4.79 Å². The summed E-state index contributed by atoms with van der Waals surface area (Å²) in [7, 11) is 0. The van der Waals surface area contributed by atoms with Crippen molar-refractivity contribution in [2.45, 2.75) is 6.92 Å². The van der Waals surface area contributed by atoms with Gasteiger partial charge in [0.15, 0.2) is 5.69 Å². The molecule has 0 bridgehead atoms. The molecule has 0 aliphatic heterocycles. The molecule has 0 atom stereocenters. The number of nitrogens with one attached hydrogen (secondary N) is 2. The van der Waals surface area contributed by atoms with E-state index in [1.807, 2.05) is 0 Å². The third-order valence-corrected chi connectivity index (χ3v) is 1.22. The van der Waals surface area contributed by atoms with Crippen LogP contribution < -0.4 is 16.6 Å². The second-order valence-corrected chi connectivity index (χ2v) is 2.33. The number of hydrogen-bond donors (Lipinski definition) is 4. The van der Waals surface area contributed by atoms with Crippen LogP contribution in [0.4, 0.5) is 11.6 Å². The van der Waals surface area contributed by atoms with E-state index in [-0.39, 0.29) is 22.6 Å². The minimum Gasteiger partial charge on any atom is -0.492 e. The molecule has 1 heterocycles. The first-order valence-corrected chi connectivity index (χ1v) is 3.37. The minimum atomic E-state index is -0.694. The van der Waals surface area contributed by atoms with Gasteiger partial charge >= 0.3 is 0 Å². The number of aromatic hydroxyl groups is 1. The Morgan fingerprint density at radius 3 is 2.47 bits per heavy atom. The number of hydrogen-bond acceptors (Lipinski definition) is 5. The molecule has 0 saturated heterocycles. The van der Waals surface area contributed by atoms with Crippen LogP contribution in [0.2, 0.25) is 0 Å². The summed E-state index contributed by atoms with van der Waals surface area (Å²) in [6.07, 6.45) is 0. The van der Waals surface area contributed by atoms with Gasteiger partial charge in [-0.05, 0) is 0 Å². The Bertz CT molecular complexity index is 401. The molecule has 0 aromatic carbocycles. The van der Waals surface area contributed by atoms with Crippen LogP contribution in [0, 0.1) is 0 Å². The molecule has 0 unspecified atom stereocenters. The molecule has 9 N–H and O–H groups in total. The highest BCUT2D eigenvalue weighted by Gasteiger charge is 2.09. The van der Waals surface area contributed by atoms with E-state index in [0.29, 0.717) is 0 Å². The summed E-state index contributed by atoms with van der Waals surface area (Å²) in [5.41, 5.74) is 4.12. The quantitative estimate of drug-likeness (QED) is 0.402. The van der Waals surface area contributed by atoms with Crippen molar-refractivity contribution < 1.29 is 20.9 Å². The normalized spacial score (nSPS) is 8.33. The number of nitrogens with two attached hydrogens (primary N) is 1. The van der Waals surface area contributed by atoms with Crippen LogP contribution in [0.1, 0.15) is 6.92 Å². The van der Waals surface area contributed by atoms with Gasteiger partial charge in [-0.2, -0.15) is 4.98 Å². The predicted molar refractivity (Wildman–Crippen MR) is 52.5 cm³/mol. The van der Waals surface area contributed by atoms with E-state index < -0.39 is 17.3 Å². The highest BCUT2D eigenvalue weighted by Crippen LogP contribution is 2.13. The molecule has 0 saturated carbocycles. The molecule has 0 aliphatic rings. The zero-order valence-electron chi connectivity index (χ0n) is 7.79. The molecule has 9 heteroatoms. The minimum absolute atomic E-state index is 0. The molecule has 86 valence electrons. The van der Waals surface area contributed by atoms with Crippen molar-refractivity contribution >= 4 is 17.5 Å². The molecule has 15 heavy (non-hydrogen) atoms. The van der Waals surface area contributed by atoms with Gasteiger partial charge in [0.2, 0.25) is 17.7 Å². The molecule has 1 aromatic rings. The van der Waals surface area contributed by atoms with Gasteiger partial charge in [-0.1, -0.05) is 0 Å². The number of nitrogens with zero attached hydrogens (tertiary/aromatic N) is 1. The molecule has 1 aromatic heterocycles. The Kier molecular flexibility index (Phi) is 5.70. The number of rotatable bonds is 1. The van der Waals surface area contributed by atoms with Crippen molar-refractivity contribution in [3.63, 3.8) is 0 Å². The van der Waals surface area contributed by atoms with E-state index in [9.17, 15) is 9.59 Å². The number of nitrogen functional groups attached to an aromatic ring is 1. The van der Waals surface area contributed by atoms with Crippen molar-refractivity contribution in [1.29, 1.82) is 0 Å². The number of carbonyl (C=O) groups is 1. The van der Waals surface area contributed by atoms with E-state index in [4.69, 9.17) is 10.8 Å². The predicted octanol–water partition coefficient (Wildman–Crippen LogP) is -2.63. The van der Waals surface area contributed by atoms with Crippen LogP contribution in [-0.4, -0.2) is 31.9 Å². The molecular formula is C6H12N4O5. The lowest BCUT2D eigenvalue weighted by Crippen LogP contribution is -2.19. The lowest BCUT2D eigenvalue weighted by molar-refractivity contribution is -0.114. The van der Waals surface area contributed by atoms with Gasteiger partial charge in [0.25, 0.3) is 5.56 Å². The first kappa shape index (κ1) is 15.3. The SMILES string of the molecule is CC(=O)Nc1c(O)nc(N)[nH]c1=O.O.O. The highest BCUT2D eigenvalue weighted by molar-refractivity contribution is 5.89. The number of H-pyrrole nitrogens is 1. The van der Waals surface area contributed by atoms with Gasteiger partial charge in [0.1, 0.15) is 0 Å². The molecule has 0 spiro atoms. The van der Waals surface area contributed by atoms with E-state index in [2.05, 4.69) is 15.3 Å².